The minimum atomic E-state index is -0.728. The molecule has 2 N–H and O–H groups in total. The Hall–Kier alpha value is -0.870. The highest BCUT2D eigenvalue weighted by Gasteiger charge is 2.30. The van der Waals surface area contributed by atoms with Crippen LogP contribution in [-0.2, 0) is 4.79 Å². The minimum absolute atomic E-state index is 0.195. The van der Waals surface area contributed by atoms with E-state index in [9.17, 15) is 15.0 Å². The SMILES string of the molecule is CC/C=C/CCC(O)C[N+](CCCCC)(CCCCC)CCC(=O)O. The van der Waals surface area contributed by atoms with Gasteiger partial charge in [0.2, 0.25) is 0 Å². The van der Waals surface area contributed by atoms with Crippen molar-refractivity contribution < 1.29 is 19.5 Å². The summed E-state index contributed by atoms with van der Waals surface area (Å²) in [5.41, 5.74) is 0. The molecule has 4 heteroatoms. The third-order valence-electron chi connectivity index (χ3n) is 4.94. The first-order valence-electron chi connectivity index (χ1n) is 10.4. The Morgan fingerprint density at radius 1 is 0.960 bits per heavy atom. The van der Waals surface area contributed by atoms with E-state index in [1.54, 1.807) is 0 Å². The number of hydrogen-bond acceptors (Lipinski definition) is 2. The molecule has 1 unspecified atom stereocenters. The topological polar surface area (TPSA) is 57.5 Å². The van der Waals surface area contributed by atoms with Crippen LogP contribution in [-0.4, -0.2) is 52.9 Å². The van der Waals surface area contributed by atoms with Crippen molar-refractivity contribution >= 4 is 5.97 Å². The van der Waals surface area contributed by atoms with E-state index in [2.05, 4.69) is 32.9 Å². The van der Waals surface area contributed by atoms with Gasteiger partial charge in [-0.1, -0.05) is 45.8 Å². The highest BCUT2D eigenvalue weighted by atomic mass is 16.4. The maximum Gasteiger partial charge on any atom is 0.309 e. The molecule has 0 spiro atoms. The van der Waals surface area contributed by atoms with E-state index in [-0.39, 0.29) is 12.5 Å². The van der Waals surface area contributed by atoms with Crippen molar-refractivity contribution in [1.82, 2.24) is 0 Å². The van der Waals surface area contributed by atoms with Gasteiger partial charge in [0, 0.05) is 0 Å². The van der Waals surface area contributed by atoms with Crippen molar-refractivity contribution in [3.63, 3.8) is 0 Å². The van der Waals surface area contributed by atoms with Crippen LogP contribution in [0.4, 0.5) is 0 Å². The van der Waals surface area contributed by atoms with Crippen molar-refractivity contribution in [2.24, 2.45) is 0 Å². The number of hydrogen-bond donors (Lipinski definition) is 2. The standard InChI is InChI=1S/C21H41NO3/c1-4-7-10-11-14-20(23)19-22(16-12-8-5-2,17-13-9-6-3)18-15-21(24)25/h7,10,20,23H,4-6,8-9,11-19H2,1-3H3/p+1/b10-7+. The van der Waals surface area contributed by atoms with Crippen LogP contribution in [0.3, 0.4) is 0 Å². The molecule has 0 aromatic rings. The van der Waals surface area contributed by atoms with Crippen LogP contribution in [0.2, 0.25) is 0 Å². The summed E-state index contributed by atoms with van der Waals surface area (Å²) in [7, 11) is 0. The van der Waals surface area contributed by atoms with E-state index >= 15 is 0 Å². The van der Waals surface area contributed by atoms with Crippen LogP contribution in [0.5, 0.6) is 0 Å². The number of rotatable bonds is 17. The lowest BCUT2D eigenvalue weighted by Gasteiger charge is -2.40. The fourth-order valence-electron chi connectivity index (χ4n) is 3.45. The third-order valence-corrected chi connectivity index (χ3v) is 4.94. The number of unbranched alkanes of at least 4 members (excludes halogenated alkanes) is 4. The maximum atomic E-state index is 11.2. The molecule has 0 fully saturated rings. The maximum absolute atomic E-state index is 11.2. The Morgan fingerprint density at radius 2 is 1.56 bits per heavy atom. The molecular formula is C21H42NO3+. The van der Waals surface area contributed by atoms with Gasteiger partial charge in [0.1, 0.15) is 12.6 Å². The molecule has 25 heavy (non-hydrogen) atoms. The van der Waals surface area contributed by atoms with Gasteiger partial charge >= 0.3 is 5.97 Å². The van der Waals surface area contributed by atoms with Gasteiger partial charge in [-0.05, 0) is 44.9 Å². The molecular weight excluding hydrogens is 314 g/mol. The van der Waals surface area contributed by atoms with Crippen LogP contribution in [0, 0.1) is 0 Å². The number of carbonyl (C=O) groups is 1. The zero-order chi connectivity index (χ0) is 19.0. The zero-order valence-electron chi connectivity index (χ0n) is 16.9. The summed E-state index contributed by atoms with van der Waals surface area (Å²) in [5.74, 6) is -0.728. The molecule has 0 saturated heterocycles. The van der Waals surface area contributed by atoms with Gasteiger partial charge in [-0.3, -0.25) is 4.79 Å². The lowest BCUT2D eigenvalue weighted by atomic mass is 10.1. The summed E-state index contributed by atoms with van der Waals surface area (Å²) < 4.78 is 0.769. The predicted octanol–water partition coefficient (Wildman–Crippen LogP) is 4.77. The predicted molar refractivity (Wildman–Crippen MR) is 106 cm³/mol. The van der Waals surface area contributed by atoms with Gasteiger partial charge in [0.05, 0.1) is 26.1 Å². The van der Waals surface area contributed by atoms with E-state index < -0.39 is 5.97 Å². The van der Waals surface area contributed by atoms with Gasteiger partial charge < -0.3 is 14.7 Å². The number of quaternary nitrogens is 1. The van der Waals surface area contributed by atoms with Crippen molar-refractivity contribution in [2.75, 3.05) is 26.2 Å². The second-order valence-electron chi connectivity index (χ2n) is 7.36. The summed E-state index contributed by atoms with van der Waals surface area (Å²) >= 11 is 0. The highest BCUT2D eigenvalue weighted by Crippen LogP contribution is 2.18. The molecule has 0 aromatic heterocycles. The monoisotopic (exact) mass is 356 g/mol. The summed E-state index contributed by atoms with van der Waals surface area (Å²) in [6.45, 7) is 9.82. The number of allylic oxidation sites excluding steroid dienone is 2. The molecule has 0 aliphatic carbocycles. The first-order chi connectivity index (χ1) is 12.0. The Labute approximate surface area is 155 Å². The van der Waals surface area contributed by atoms with E-state index in [0.717, 1.165) is 62.5 Å². The largest absolute Gasteiger partial charge is 0.481 e. The summed E-state index contributed by atoms with van der Waals surface area (Å²) in [6.07, 6.45) is 13.7. The van der Waals surface area contributed by atoms with Crippen molar-refractivity contribution in [3.8, 4) is 0 Å². The van der Waals surface area contributed by atoms with Crippen molar-refractivity contribution in [3.05, 3.63) is 12.2 Å². The molecule has 0 saturated carbocycles. The number of aliphatic carboxylic acids is 1. The molecule has 0 aliphatic rings. The average molecular weight is 357 g/mol. The van der Waals surface area contributed by atoms with E-state index in [1.165, 1.54) is 12.8 Å². The van der Waals surface area contributed by atoms with Crippen LogP contribution in [0.15, 0.2) is 12.2 Å². The van der Waals surface area contributed by atoms with Crippen molar-refractivity contribution in [2.45, 2.75) is 91.1 Å². The smallest absolute Gasteiger partial charge is 0.309 e. The Morgan fingerprint density at radius 3 is 2.04 bits per heavy atom. The summed E-state index contributed by atoms with van der Waals surface area (Å²) in [5, 5.41) is 19.7. The molecule has 0 amide bonds. The first-order valence-corrected chi connectivity index (χ1v) is 10.4. The molecule has 4 nitrogen and oxygen atoms in total. The number of aliphatic hydroxyl groups excluding tert-OH is 1. The van der Waals surface area contributed by atoms with Gasteiger partial charge in [-0.15, -0.1) is 0 Å². The molecule has 0 aliphatic heterocycles. The van der Waals surface area contributed by atoms with Gasteiger partial charge in [0.25, 0.3) is 0 Å². The third kappa shape index (κ3) is 13.1. The summed E-state index contributed by atoms with van der Waals surface area (Å²) in [4.78, 5) is 11.2. The molecule has 148 valence electrons. The Balaban J connectivity index is 4.90. The van der Waals surface area contributed by atoms with Crippen LogP contribution in [0.25, 0.3) is 0 Å². The van der Waals surface area contributed by atoms with Gasteiger partial charge in [0.15, 0.2) is 0 Å². The number of nitrogens with zero attached hydrogens (tertiary/aromatic N) is 1. The molecule has 0 aromatic carbocycles. The molecule has 0 rings (SSSR count). The van der Waals surface area contributed by atoms with E-state index in [0.29, 0.717) is 13.1 Å². The molecule has 1 atom stereocenters. The quantitative estimate of drug-likeness (QED) is 0.224. The lowest BCUT2D eigenvalue weighted by molar-refractivity contribution is -0.931. The van der Waals surface area contributed by atoms with E-state index in [1.807, 2.05) is 0 Å². The average Bonchev–Trinajstić information content (AvgIpc) is 2.57. The minimum Gasteiger partial charge on any atom is -0.481 e. The van der Waals surface area contributed by atoms with Crippen LogP contribution in [0.1, 0.15) is 85.0 Å². The second-order valence-corrected chi connectivity index (χ2v) is 7.36. The van der Waals surface area contributed by atoms with Crippen LogP contribution >= 0.6 is 0 Å². The van der Waals surface area contributed by atoms with Crippen LogP contribution < -0.4 is 0 Å². The van der Waals surface area contributed by atoms with E-state index in [4.69, 9.17) is 0 Å². The summed E-state index contributed by atoms with van der Waals surface area (Å²) in [6, 6.07) is 0. The molecule has 0 heterocycles. The highest BCUT2D eigenvalue weighted by molar-refractivity contribution is 5.66. The Kier molecular flexibility index (Phi) is 14.9. The molecule has 0 radical (unpaired) electrons. The number of carboxylic acids is 1. The number of aliphatic hydroxyl groups is 1. The van der Waals surface area contributed by atoms with Crippen molar-refractivity contribution in [1.29, 1.82) is 0 Å². The fraction of sp³-hybridized carbons (Fsp3) is 0.857. The zero-order valence-corrected chi connectivity index (χ0v) is 16.9. The lowest BCUT2D eigenvalue weighted by Crippen LogP contribution is -2.54. The Bertz CT molecular complexity index is 345. The second kappa shape index (κ2) is 15.4. The fourth-order valence-corrected chi connectivity index (χ4v) is 3.45. The van der Waals surface area contributed by atoms with Gasteiger partial charge in [-0.25, -0.2) is 0 Å². The van der Waals surface area contributed by atoms with Gasteiger partial charge in [-0.2, -0.15) is 0 Å². The molecule has 0 bridgehead atoms. The first kappa shape index (κ1) is 24.1. The normalized spacial score (nSPS) is 13.4. The number of carboxylic acid groups (broad SMARTS) is 1.